The Morgan fingerprint density at radius 1 is 1.19 bits per heavy atom. The average molecular weight is 353 g/mol. The first-order valence-electron chi connectivity index (χ1n) is 9.66. The van der Waals surface area contributed by atoms with Gasteiger partial charge >= 0.3 is 0 Å². The number of carbonyl (C=O) groups is 1. The lowest BCUT2D eigenvalue weighted by Crippen LogP contribution is -2.33. The van der Waals surface area contributed by atoms with Crippen molar-refractivity contribution in [2.45, 2.75) is 45.4 Å². The van der Waals surface area contributed by atoms with Crippen molar-refractivity contribution in [1.82, 2.24) is 14.5 Å². The third-order valence-electron chi connectivity index (χ3n) is 5.81. The summed E-state index contributed by atoms with van der Waals surface area (Å²) in [5, 5.41) is 0. The monoisotopic (exact) mass is 353 g/mol. The summed E-state index contributed by atoms with van der Waals surface area (Å²) in [5.74, 6) is 2.38. The average Bonchev–Trinajstić information content (AvgIpc) is 3.35. The van der Waals surface area contributed by atoms with Crippen LogP contribution in [0, 0.1) is 11.8 Å². The van der Waals surface area contributed by atoms with Gasteiger partial charge < -0.3 is 14.2 Å². The smallest absolute Gasteiger partial charge is 0.242 e. The Labute approximate surface area is 155 Å². The second kappa shape index (κ2) is 7.62. The maximum absolute atomic E-state index is 12.7. The van der Waals surface area contributed by atoms with Gasteiger partial charge in [-0.25, -0.2) is 4.98 Å². The summed E-state index contributed by atoms with van der Waals surface area (Å²) in [7, 11) is 0. The first kappa shape index (κ1) is 17.3. The van der Waals surface area contributed by atoms with E-state index in [4.69, 9.17) is 4.74 Å². The maximum Gasteiger partial charge on any atom is 0.242 e. The summed E-state index contributed by atoms with van der Waals surface area (Å²) in [6.07, 6.45) is 7.02. The van der Waals surface area contributed by atoms with Crippen molar-refractivity contribution in [1.29, 1.82) is 0 Å². The molecule has 1 amide bonds. The van der Waals surface area contributed by atoms with Crippen LogP contribution >= 0.6 is 0 Å². The van der Waals surface area contributed by atoms with Crippen LogP contribution in [0.4, 0.5) is 0 Å². The Kier molecular flexibility index (Phi) is 5.07. The zero-order valence-electron chi connectivity index (χ0n) is 15.4. The summed E-state index contributed by atoms with van der Waals surface area (Å²) >= 11 is 0. The molecule has 1 unspecified atom stereocenters. The molecule has 1 aromatic carbocycles. The maximum atomic E-state index is 12.7. The molecule has 0 N–H and O–H groups in total. The number of carbonyl (C=O) groups excluding carboxylic acids is 1. The van der Waals surface area contributed by atoms with Crippen LogP contribution in [-0.2, 0) is 29.1 Å². The molecule has 1 aliphatic carbocycles. The predicted octanol–water partition coefficient (Wildman–Crippen LogP) is 2.90. The first-order valence-corrected chi connectivity index (χ1v) is 9.66. The number of aryl methyl sites for hydroxylation is 1. The van der Waals surface area contributed by atoms with Gasteiger partial charge in [-0.15, -0.1) is 0 Å². The molecule has 5 heteroatoms. The Hall–Kier alpha value is -2.14. The van der Waals surface area contributed by atoms with E-state index in [0.29, 0.717) is 31.1 Å². The Balaban J connectivity index is 1.26. The largest absolute Gasteiger partial charge is 0.374 e. The zero-order chi connectivity index (χ0) is 17.9. The fourth-order valence-electron chi connectivity index (χ4n) is 4.42. The minimum Gasteiger partial charge on any atom is -0.374 e. The highest BCUT2D eigenvalue weighted by atomic mass is 16.5. The number of hydrogen-bond donors (Lipinski definition) is 0. The zero-order valence-corrected chi connectivity index (χ0v) is 15.4. The number of nitrogens with zero attached hydrogens (tertiary/aromatic N) is 3. The first-order chi connectivity index (χ1) is 12.7. The molecule has 1 aromatic heterocycles. The summed E-state index contributed by atoms with van der Waals surface area (Å²) in [4.78, 5) is 19.0. The second-order valence-corrected chi connectivity index (χ2v) is 7.53. The summed E-state index contributed by atoms with van der Waals surface area (Å²) in [6, 6.07) is 10.3. The normalized spacial score (nSPS) is 24.8. The topological polar surface area (TPSA) is 47.4 Å². The van der Waals surface area contributed by atoms with E-state index in [1.165, 1.54) is 5.56 Å². The van der Waals surface area contributed by atoms with Crippen LogP contribution in [0.25, 0.3) is 0 Å². The van der Waals surface area contributed by atoms with Crippen LogP contribution in [0.3, 0.4) is 0 Å². The van der Waals surface area contributed by atoms with Crippen molar-refractivity contribution < 1.29 is 9.53 Å². The number of aromatic nitrogens is 2. The van der Waals surface area contributed by atoms with Gasteiger partial charge in [0.15, 0.2) is 0 Å². The van der Waals surface area contributed by atoms with Gasteiger partial charge in [0.1, 0.15) is 12.4 Å². The molecule has 2 aliphatic rings. The number of fused-ring (bicyclic) bond motifs is 1. The van der Waals surface area contributed by atoms with E-state index >= 15 is 0 Å². The molecule has 4 rings (SSSR count). The van der Waals surface area contributed by atoms with Gasteiger partial charge in [0.25, 0.3) is 0 Å². The molecule has 0 radical (unpaired) electrons. The van der Waals surface area contributed by atoms with E-state index in [2.05, 4.69) is 36.2 Å². The number of amides is 1. The van der Waals surface area contributed by atoms with Crippen molar-refractivity contribution in [3.63, 3.8) is 0 Å². The SMILES string of the molecule is CCc1nccn1CC(=O)N1C[C@H]2CC(OCc3ccccc3)C[C@H]2C1. The fourth-order valence-corrected chi connectivity index (χ4v) is 4.42. The van der Waals surface area contributed by atoms with Gasteiger partial charge in [-0.05, 0) is 30.2 Å². The predicted molar refractivity (Wildman–Crippen MR) is 99.4 cm³/mol. The van der Waals surface area contributed by atoms with E-state index < -0.39 is 0 Å². The Morgan fingerprint density at radius 3 is 2.62 bits per heavy atom. The number of hydrogen-bond acceptors (Lipinski definition) is 3. The molecule has 138 valence electrons. The van der Waals surface area contributed by atoms with Crippen molar-refractivity contribution in [3.8, 4) is 0 Å². The number of likely N-dealkylation sites (tertiary alicyclic amines) is 1. The standard InChI is InChI=1S/C21H27N3O2/c1-2-20-22-8-9-23(20)14-21(25)24-12-17-10-19(11-18(17)13-24)26-15-16-6-4-3-5-7-16/h3-9,17-19H,2,10-15H2,1H3/t17-,18+,19?. The minimum atomic E-state index is 0.217. The number of rotatable bonds is 6. The molecule has 26 heavy (non-hydrogen) atoms. The molecule has 2 aromatic rings. The number of imidazole rings is 1. The lowest BCUT2D eigenvalue weighted by atomic mass is 10.0. The van der Waals surface area contributed by atoms with Crippen molar-refractivity contribution >= 4 is 5.91 Å². The third-order valence-corrected chi connectivity index (χ3v) is 5.81. The molecule has 1 aliphatic heterocycles. The Morgan fingerprint density at radius 2 is 1.92 bits per heavy atom. The van der Waals surface area contributed by atoms with Gasteiger partial charge in [0.05, 0.1) is 12.7 Å². The van der Waals surface area contributed by atoms with Crippen LogP contribution < -0.4 is 0 Å². The minimum absolute atomic E-state index is 0.217. The number of ether oxygens (including phenoxy) is 1. The van der Waals surface area contributed by atoms with Gasteiger partial charge in [-0.3, -0.25) is 4.79 Å². The van der Waals surface area contributed by atoms with E-state index in [1.807, 2.05) is 21.7 Å². The molecule has 3 atom stereocenters. The van der Waals surface area contributed by atoms with Crippen LogP contribution in [0.15, 0.2) is 42.7 Å². The van der Waals surface area contributed by atoms with Crippen LogP contribution in [0.1, 0.15) is 31.2 Å². The lowest BCUT2D eigenvalue weighted by Gasteiger charge is -2.20. The highest BCUT2D eigenvalue weighted by Gasteiger charge is 2.42. The highest BCUT2D eigenvalue weighted by molar-refractivity contribution is 5.76. The molecular formula is C21H27N3O2. The van der Waals surface area contributed by atoms with Crippen LogP contribution in [0.2, 0.25) is 0 Å². The lowest BCUT2D eigenvalue weighted by molar-refractivity contribution is -0.131. The second-order valence-electron chi connectivity index (χ2n) is 7.53. The van der Waals surface area contributed by atoms with E-state index in [-0.39, 0.29) is 5.91 Å². The summed E-state index contributed by atoms with van der Waals surface area (Å²) in [5.41, 5.74) is 1.23. The Bertz CT molecular complexity index is 729. The third kappa shape index (κ3) is 3.68. The van der Waals surface area contributed by atoms with Crippen LogP contribution in [-0.4, -0.2) is 39.6 Å². The molecule has 1 saturated carbocycles. The van der Waals surface area contributed by atoms with Gasteiger partial charge in [0, 0.05) is 31.9 Å². The van der Waals surface area contributed by atoms with Crippen molar-refractivity contribution in [3.05, 3.63) is 54.1 Å². The molecule has 2 heterocycles. The molecule has 5 nitrogen and oxygen atoms in total. The number of benzene rings is 1. The summed E-state index contributed by atoms with van der Waals surface area (Å²) in [6.45, 7) is 4.93. The van der Waals surface area contributed by atoms with E-state index in [9.17, 15) is 4.79 Å². The van der Waals surface area contributed by atoms with E-state index in [1.54, 1.807) is 6.20 Å². The van der Waals surface area contributed by atoms with E-state index in [0.717, 1.165) is 38.2 Å². The molecule has 1 saturated heterocycles. The quantitative estimate of drug-likeness (QED) is 0.802. The molecule has 2 fully saturated rings. The van der Waals surface area contributed by atoms with Crippen molar-refractivity contribution in [2.75, 3.05) is 13.1 Å². The van der Waals surface area contributed by atoms with Gasteiger partial charge in [-0.1, -0.05) is 37.3 Å². The molecular weight excluding hydrogens is 326 g/mol. The molecule has 0 bridgehead atoms. The highest BCUT2D eigenvalue weighted by Crippen LogP contribution is 2.39. The van der Waals surface area contributed by atoms with Gasteiger partial charge in [-0.2, -0.15) is 0 Å². The molecule has 0 spiro atoms. The van der Waals surface area contributed by atoms with Crippen molar-refractivity contribution in [2.24, 2.45) is 11.8 Å². The van der Waals surface area contributed by atoms with Gasteiger partial charge in [0.2, 0.25) is 5.91 Å². The fraction of sp³-hybridized carbons (Fsp3) is 0.524. The van der Waals surface area contributed by atoms with Crippen LogP contribution in [0.5, 0.6) is 0 Å². The summed E-state index contributed by atoms with van der Waals surface area (Å²) < 4.78 is 8.10.